The Kier molecular flexibility index (Phi) is 4.49. The van der Waals surface area contributed by atoms with Gasteiger partial charge in [-0.05, 0) is 43.0 Å². The van der Waals surface area contributed by atoms with E-state index < -0.39 is 0 Å². The molecular formula is C16H23ClN2O. The number of halogens is 1. The van der Waals surface area contributed by atoms with E-state index in [1.807, 2.05) is 6.07 Å². The van der Waals surface area contributed by atoms with Crippen LogP contribution >= 0.6 is 11.6 Å². The lowest BCUT2D eigenvalue weighted by Crippen LogP contribution is -2.45. The third-order valence-corrected chi connectivity index (χ3v) is 4.44. The second kappa shape index (κ2) is 6.33. The molecule has 110 valence electrons. The van der Waals surface area contributed by atoms with Gasteiger partial charge in [-0.25, -0.2) is 0 Å². The minimum Gasteiger partial charge on any atom is -0.377 e. The molecule has 1 heterocycles. The van der Waals surface area contributed by atoms with E-state index in [-0.39, 0.29) is 0 Å². The number of anilines is 1. The summed E-state index contributed by atoms with van der Waals surface area (Å²) in [6, 6.07) is 7.46. The summed E-state index contributed by atoms with van der Waals surface area (Å²) in [6.45, 7) is 5.75. The summed E-state index contributed by atoms with van der Waals surface area (Å²) in [4.78, 5) is 2.49. The minimum absolute atomic E-state index is 0.476. The van der Waals surface area contributed by atoms with Gasteiger partial charge in [0.05, 0.1) is 19.3 Å². The van der Waals surface area contributed by atoms with Gasteiger partial charge in [0.25, 0.3) is 0 Å². The molecule has 1 saturated heterocycles. The first-order valence-electron chi connectivity index (χ1n) is 7.64. The van der Waals surface area contributed by atoms with Crippen molar-refractivity contribution in [1.29, 1.82) is 0 Å². The maximum Gasteiger partial charge on any atom is 0.0670 e. The fourth-order valence-electron chi connectivity index (χ4n) is 2.83. The van der Waals surface area contributed by atoms with Gasteiger partial charge in [0.2, 0.25) is 0 Å². The van der Waals surface area contributed by atoms with Gasteiger partial charge in [-0.3, -0.25) is 0 Å². The molecule has 1 aliphatic carbocycles. The average molecular weight is 295 g/mol. The molecule has 1 atom stereocenters. The van der Waals surface area contributed by atoms with Crippen molar-refractivity contribution in [2.75, 3.05) is 24.7 Å². The first-order valence-corrected chi connectivity index (χ1v) is 8.02. The van der Waals surface area contributed by atoms with Crippen molar-refractivity contribution in [2.45, 2.75) is 44.8 Å². The Morgan fingerprint density at radius 1 is 1.40 bits per heavy atom. The second-order valence-electron chi connectivity index (χ2n) is 5.76. The SMILES string of the molecule is CCC1COCCN1c1ccc(Cl)cc1CNC1CC1. The van der Waals surface area contributed by atoms with Crippen LogP contribution in [0, 0.1) is 0 Å². The maximum absolute atomic E-state index is 6.19. The zero-order valence-electron chi connectivity index (χ0n) is 12.1. The smallest absolute Gasteiger partial charge is 0.0670 e. The van der Waals surface area contributed by atoms with E-state index in [4.69, 9.17) is 16.3 Å². The van der Waals surface area contributed by atoms with Crippen molar-refractivity contribution in [3.05, 3.63) is 28.8 Å². The second-order valence-corrected chi connectivity index (χ2v) is 6.20. The summed E-state index contributed by atoms with van der Waals surface area (Å²) in [5, 5.41) is 4.42. The van der Waals surface area contributed by atoms with Crippen LogP contribution in [0.1, 0.15) is 31.7 Å². The van der Waals surface area contributed by atoms with E-state index in [9.17, 15) is 0 Å². The predicted octanol–water partition coefficient (Wildman–Crippen LogP) is 3.21. The first-order chi connectivity index (χ1) is 9.78. The van der Waals surface area contributed by atoms with Gasteiger partial charge in [-0.15, -0.1) is 0 Å². The van der Waals surface area contributed by atoms with Gasteiger partial charge in [-0.1, -0.05) is 18.5 Å². The molecule has 1 aromatic rings. The molecule has 0 spiro atoms. The predicted molar refractivity (Wildman–Crippen MR) is 83.6 cm³/mol. The van der Waals surface area contributed by atoms with Gasteiger partial charge in [0, 0.05) is 29.8 Å². The highest BCUT2D eigenvalue weighted by molar-refractivity contribution is 6.30. The van der Waals surface area contributed by atoms with Crippen LogP contribution in [-0.4, -0.2) is 31.8 Å². The summed E-state index contributed by atoms with van der Waals surface area (Å²) in [5.41, 5.74) is 2.63. The summed E-state index contributed by atoms with van der Waals surface area (Å²) in [5.74, 6) is 0. The fourth-order valence-corrected chi connectivity index (χ4v) is 3.02. The van der Waals surface area contributed by atoms with Crippen molar-refractivity contribution < 1.29 is 4.74 Å². The third-order valence-electron chi connectivity index (χ3n) is 4.21. The Bertz CT molecular complexity index is 462. The highest BCUT2D eigenvalue weighted by Gasteiger charge is 2.25. The Hall–Kier alpha value is -0.770. The Labute approximate surface area is 126 Å². The zero-order chi connectivity index (χ0) is 13.9. The van der Waals surface area contributed by atoms with Gasteiger partial charge >= 0.3 is 0 Å². The van der Waals surface area contributed by atoms with Crippen LogP contribution in [0.3, 0.4) is 0 Å². The Morgan fingerprint density at radius 3 is 3.00 bits per heavy atom. The number of hydrogen-bond acceptors (Lipinski definition) is 3. The summed E-state index contributed by atoms with van der Waals surface area (Å²) < 4.78 is 5.61. The average Bonchev–Trinajstić information content (AvgIpc) is 3.29. The number of benzene rings is 1. The standard InChI is InChI=1S/C16H23ClN2O/c1-2-15-11-20-8-7-19(15)16-6-3-13(17)9-12(16)10-18-14-4-5-14/h3,6,9,14-15,18H,2,4-5,7-8,10-11H2,1H3. The number of nitrogens with one attached hydrogen (secondary N) is 1. The Balaban J connectivity index is 1.81. The zero-order valence-corrected chi connectivity index (χ0v) is 12.8. The van der Waals surface area contributed by atoms with Crippen LogP contribution in [0.5, 0.6) is 0 Å². The molecule has 0 aromatic heterocycles. The minimum atomic E-state index is 0.476. The van der Waals surface area contributed by atoms with Gasteiger partial charge < -0.3 is 15.0 Å². The van der Waals surface area contributed by atoms with Crippen LogP contribution in [0.4, 0.5) is 5.69 Å². The monoisotopic (exact) mass is 294 g/mol. The lowest BCUT2D eigenvalue weighted by Gasteiger charge is -2.38. The van der Waals surface area contributed by atoms with Crippen LogP contribution < -0.4 is 10.2 Å². The summed E-state index contributed by atoms with van der Waals surface area (Å²) in [7, 11) is 0. The van der Waals surface area contributed by atoms with Crippen molar-refractivity contribution in [3.8, 4) is 0 Å². The fraction of sp³-hybridized carbons (Fsp3) is 0.625. The molecule has 2 fully saturated rings. The summed E-state index contributed by atoms with van der Waals surface area (Å²) in [6.07, 6.45) is 3.73. The molecule has 2 aliphatic rings. The quantitative estimate of drug-likeness (QED) is 0.902. The lowest BCUT2D eigenvalue weighted by molar-refractivity contribution is 0.0929. The molecule has 3 nitrogen and oxygen atoms in total. The molecule has 3 rings (SSSR count). The van der Waals surface area contributed by atoms with E-state index in [1.54, 1.807) is 0 Å². The number of hydrogen-bond donors (Lipinski definition) is 1. The van der Waals surface area contributed by atoms with Crippen molar-refractivity contribution in [1.82, 2.24) is 5.32 Å². The van der Waals surface area contributed by atoms with Gasteiger partial charge in [-0.2, -0.15) is 0 Å². The third kappa shape index (κ3) is 3.27. The largest absolute Gasteiger partial charge is 0.377 e. The van der Waals surface area contributed by atoms with E-state index in [2.05, 4.69) is 29.3 Å². The number of ether oxygens (including phenoxy) is 1. The van der Waals surface area contributed by atoms with Crippen molar-refractivity contribution >= 4 is 17.3 Å². The van der Waals surface area contributed by atoms with E-state index in [0.717, 1.165) is 37.7 Å². The number of rotatable bonds is 5. The van der Waals surface area contributed by atoms with Crippen LogP contribution in [-0.2, 0) is 11.3 Å². The lowest BCUT2D eigenvalue weighted by atomic mass is 10.1. The maximum atomic E-state index is 6.19. The van der Waals surface area contributed by atoms with E-state index in [0.29, 0.717) is 12.1 Å². The molecule has 4 heteroatoms. The first kappa shape index (κ1) is 14.2. The van der Waals surface area contributed by atoms with Gasteiger partial charge in [0.15, 0.2) is 0 Å². The van der Waals surface area contributed by atoms with Crippen molar-refractivity contribution in [2.24, 2.45) is 0 Å². The molecular weight excluding hydrogens is 272 g/mol. The normalized spacial score (nSPS) is 23.1. The highest BCUT2D eigenvalue weighted by atomic mass is 35.5. The van der Waals surface area contributed by atoms with Crippen LogP contribution in [0.2, 0.25) is 5.02 Å². The van der Waals surface area contributed by atoms with E-state index >= 15 is 0 Å². The number of morpholine rings is 1. The molecule has 1 saturated carbocycles. The molecule has 1 unspecified atom stereocenters. The number of nitrogens with zero attached hydrogens (tertiary/aromatic N) is 1. The molecule has 20 heavy (non-hydrogen) atoms. The van der Waals surface area contributed by atoms with Crippen LogP contribution in [0.25, 0.3) is 0 Å². The molecule has 0 radical (unpaired) electrons. The topological polar surface area (TPSA) is 24.5 Å². The molecule has 0 amide bonds. The molecule has 0 bridgehead atoms. The molecule has 1 aliphatic heterocycles. The van der Waals surface area contributed by atoms with Gasteiger partial charge in [0.1, 0.15) is 0 Å². The molecule has 1 N–H and O–H groups in total. The van der Waals surface area contributed by atoms with Crippen LogP contribution in [0.15, 0.2) is 18.2 Å². The highest BCUT2D eigenvalue weighted by Crippen LogP contribution is 2.29. The van der Waals surface area contributed by atoms with E-state index in [1.165, 1.54) is 24.1 Å². The Morgan fingerprint density at radius 2 is 2.25 bits per heavy atom. The van der Waals surface area contributed by atoms with Crippen molar-refractivity contribution in [3.63, 3.8) is 0 Å². The summed E-state index contributed by atoms with van der Waals surface area (Å²) >= 11 is 6.19. The molecule has 1 aromatic carbocycles.